The highest BCUT2D eigenvalue weighted by Gasteiger charge is 2.08. The van der Waals surface area contributed by atoms with E-state index in [1.165, 1.54) is 17.4 Å². The molecule has 2 aromatic carbocycles. The van der Waals surface area contributed by atoms with Crippen LogP contribution in [0.3, 0.4) is 0 Å². The number of nitrogens with one attached hydrogen (secondary N) is 1. The molecule has 4 aromatic rings. The van der Waals surface area contributed by atoms with Crippen LogP contribution in [0.4, 0.5) is 5.69 Å². The molecule has 0 unspecified atom stereocenters. The van der Waals surface area contributed by atoms with Crippen molar-refractivity contribution in [3.05, 3.63) is 105 Å². The van der Waals surface area contributed by atoms with Gasteiger partial charge in [-0.2, -0.15) is 0 Å². The van der Waals surface area contributed by atoms with Crippen LogP contribution in [0.5, 0.6) is 0 Å². The predicted octanol–water partition coefficient (Wildman–Crippen LogP) is 6.81. The Morgan fingerprint density at radius 3 is 2.53 bits per heavy atom. The number of rotatable bonds is 6. The Bertz CT molecular complexity index is 1210. The summed E-state index contributed by atoms with van der Waals surface area (Å²) in [4.78, 5) is 25.1. The van der Waals surface area contributed by atoms with E-state index in [1.807, 2.05) is 35.7 Å². The van der Waals surface area contributed by atoms with E-state index in [0.29, 0.717) is 32.7 Å². The zero-order valence-electron chi connectivity index (χ0n) is 15.7. The molecule has 6 heteroatoms. The summed E-state index contributed by atoms with van der Waals surface area (Å²) in [5.74, 6) is 0.915. The number of allylic oxidation sites excluding steroid dienone is 1. The van der Waals surface area contributed by atoms with Crippen LogP contribution in [0.1, 0.15) is 25.8 Å². The number of carbonyl (C=O) groups is 2. The van der Waals surface area contributed by atoms with Crippen LogP contribution in [0.2, 0.25) is 5.02 Å². The standard InChI is InChI=1S/C24H16ClNO3S/c25-18-4-1-3-17(15-18)22-13-11-20(29-22)10-12-21(27)16-6-8-19(9-7-16)26-24(28)23-5-2-14-30-23/h1-15H,(H,26,28)/b12-10+. The lowest BCUT2D eigenvalue weighted by Crippen LogP contribution is -2.10. The molecule has 148 valence electrons. The van der Waals surface area contributed by atoms with Crippen molar-refractivity contribution in [3.63, 3.8) is 0 Å². The second-order valence-corrected chi connectivity index (χ2v) is 7.80. The smallest absolute Gasteiger partial charge is 0.265 e. The number of halogens is 1. The van der Waals surface area contributed by atoms with Crippen LogP contribution in [0.25, 0.3) is 17.4 Å². The average Bonchev–Trinajstić information content (AvgIpc) is 3.45. The fraction of sp³-hybridized carbons (Fsp3) is 0. The minimum Gasteiger partial charge on any atom is -0.457 e. The number of hydrogen-bond acceptors (Lipinski definition) is 4. The maximum atomic E-state index is 12.4. The zero-order chi connectivity index (χ0) is 20.9. The summed E-state index contributed by atoms with van der Waals surface area (Å²) in [6.45, 7) is 0. The van der Waals surface area contributed by atoms with Gasteiger partial charge in [-0.25, -0.2) is 0 Å². The Kier molecular flexibility index (Phi) is 5.93. The van der Waals surface area contributed by atoms with E-state index in [4.69, 9.17) is 16.0 Å². The van der Waals surface area contributed by atoms with E-state index >= 15 is 0 Å². The largest absolute Gasteiger partial charge is 0.457 e. The van der Waals surface area contributed by atoms with Gasteiger partial charge in [0.15, 0.2) is 5.78 Å². The molecule has 1 amide bonds. The van der Waals surface area contributed by atoms with Gasteiger partial charge in [0.05, 0.1) is 4.88 Å². The number of furan rings is 1. The summed E-state index contributed by atoms with van der Waals surface area (Å²) in [6, 6.07) is 21.3. The summed E-state index contributed by atoms with van der Waals surface area (Å²) in [6.07, 6.45) is 3.09. The number of ketones is 1. The Morgan fingerprint density at radius 2 is 1.80 bits per heavy atom. The van der Waals surface area contributed by atoms with Crippen LogP contribution in [-0.4, -0.2) is 11.7 Å². The maximum Gasteiger partial charge on any atom is 0.265 e. The monoisotopic (exact) mass is 433 g/mol. The minimum absolute atomic E-state index is 0.160. The van der Waals surface area contributed by atoms with Gasteiger partial charge in [0, 0.05) is 21.8 Å². The minimum atomic E-state index is -0.169. The molecule has 0 aliphatic heterocycles. The number of anilines is 1. The molecule has 0 aliphatic carbocycles. The third-order valence-corrected chi connectivity index (χ3v) is 5.41. The van der Waals surface area contributed by atoms with Crippen LogP contribution in [-0.2, 0) is 0 Å². The highest BCUT2D eigenvalue weighted by atomic mass is 35.5. The first-order valence-corrected chi connectivity index (χ1v) is 10.4. The highest BCUT2D eigenvalue weighted by Crippen LogP contribution is 2.25. The highest BCUT2D eigenvalue weighted by molar-refractivity contribution is 7.12. The van der Waals surface area contributed by atoms with E-state index in [9.17, 15) is 9.59 Å². The van der Waals surface area contributed by atoms with Crippen molar-refractivity contribution < 1.29 is 14.0 Å². The topological polar surface area (TPSA) is 59.3 Å². The Morgan fingerprint density at radius 1 is 0.967 bits per heavy atom. The number of carbonyl (C=O) groups excluding carboxylic acids is 2. The Balaban J connectivity index is 1.40. The Hall–Kier alpha value is -3.41. The molecule has 0 bridgehead atoms. The molecule has 0 saturated carbocycles. The first-order chi connectivity index (χ1) is 14.6. The Labute approximate surface area is 182 Å². The molecule has 4 nitrogen and oxygen atoms in total. The SMILES string of the molecule is O=C(/C=C/c1ccc(-c2cccc(Cl)c2)o1)c1ccc(NC(=O)c2cccs2)cc1. The van der Waals surface area contributed by atoms with Gasteiger partial charge in [-0.1, -0.05) is 29.8 Å². The zero-order valence-corrected chi connectivity index (χ0v) is 17.2. The molecule has 2 aromatic heterocycles. The van der Waals surface area contributed by atoms with E-state index < -0.39 is 0 Å². The maximum absolute atomic E-state index is 12.4. The van der Waals surface area contributed by atoms with Crippen LogP contribution in [0.15, 0.2) is 88.7 Å². The molecular weight excluding hydrogens is 418 g/mol. The predicted molar refractivity (Wildman–Crippen MR) is 121 cm³/mol. The van der Waals surface area contributed by atoms with E-state index in [0.717, 1.165) is 5.56 Å². The van der Waals surface area contributed by atoms with Gasteiger partial charge < -0.3 is 9.73 Å². The number of thiophene rings is 1. The number of benzene rings is 2. The van der Waals surface area contributed by atoms with E-state index in [-0.39, 0.29) is 11.7 Å². The van der Waals surface area contributed by atoms with Crippen molar-refractivity contribution in [2.24, 2.45) is 0 Å². The number of hydrogen-bond donors (Lipinski definition) is 1. The quantitative estimate of drug-likeness (QED) is 0.268. The third kappa shape index (κ3) is 4.76. The van der Waals surface area contributed by atoms with E-state index in [2.05, 4.69) is 5.32 Å². The van der Waals surface area contributed by atoms with Crippen LogP contribution >= 0.6 is 22.9 Å². The molecule has 2 heterocycles. The second kappa shape index (κ2) is 8.95. The third-order valence-electron chi connectivity index (χ3n) is 4.31. The molecule has 0 radical (unpaired) electrons. The number of amides is 1. The van der Waals surface area contributed by atoms with Gasteiger partial charge in [-0.3, -0.25) is 9.59 Å². The molecule has 0 saturated heterocycles. The average molecular weight is 434 g/mol. The fourth-order valence-electron chi connectivity index (χ4n) is 2.81. The summed E-state index contributed by atoms with van der Waals surface area (Å²) in [7, 11) is 0. The molecular formula is C24H16ClNO3S. The van der Waals surface area contributed by atoms with Crippen molar-refractivity contribution in [3.8, 4) is 11.3 Å². The summed E-state index contributed by atoms with van der Waals surface area (Å²) < 4.78 is 5.77. The first-order valence-electron chi connectivity index (χ1n) is 9.11. The van der Waals surface area contributed by atoms with Gasteiger partial charge >= 0.3 is 0 Å². The van der Waals surface area contributed by atoms with E-state index in [1.54, 1.807) is 48.5 Å². The van der Waals surface area contributed by atoms with Crippen LogP contribution < -0.4 is 5.32 Å². The van der Waals surface area contributed by atoms with Crippen molar-refractivity contribution in [1.82, 2.24) is 0 Å². The molecule has 4 rings (SSSR count). The van der Waals surface area contributed by atoms with Crippen LogP contribution in [0, 0.1) is 0 Å². The fourth-order valence-corrected chi connectivity index (χ4v) is 3.62. The molecule has 0 atom stereocenters. The summed E-state index contributed by atoms with van der Waals surface area (Å²) >= 11 is 7.39. The normalized spacial score (nSPS) is 11.0. The molecule has 1 N–H and O–H groups in total. The molecule has 30 heavy (non-hydrogen) atoms. The summed E-state index contributed by atoms with van der Waals surface area (Å²) in [5, 5.41) is 5.29. The lowest BCUT2D eigenvalue weighted by molar-refractivity contribution is 0.102. The first kappa shape index (κ1) is 19.9. The van der Waals surface area contributed by atoms with Gasteiger partial charge in [0.1, 0.15) is 11.5 Å². The lowest BCUT2D eigenvalue weighted by atomic mass is 10.1. The molecule has 0 spiro atoms. The van der Waals surface area contributed by atoms with Gasteiger partial charge in [-0.05, 0) is 72.1 Å². The van der Waals surface area contributed by atoms with Gasteiger partial charge in [0.2, 0.25) is 0 Å². The van der Waals surface area contributed by atoms with Crippen molar-refractivity contribution in [2.45, 2.75) is 0 Å². The van der Waals surface area contributed by atoms with Crippen molar-refractivity contribution in [1.29, 1.82) is 0 Å². The molecule has 0 aliphatic rings. The summed E-state index contributed by atoms with van der Waals surface area (Å²) in [5.41, 5.74) is 2.02. The van der Waals surface area contributed by atoms with Gasteiger partial charge in [-0.15, -0.1) is 11.3 Å². The van der Waals surface area contributed by atoms with Gasteiger partial charge in [0.25, 0.3) is 5.91 Å². The van der Waals surface area contributed by atoms with Crippen molar-refractivity contribution in [2.75, 3.05) is 5.32 Å². The van der Waals surface area contributed by atoms with Crippen molar-refractivity contribution >= 4 is 46.4 Å². The lowest BCUT2D eigenvalue weighted by Gasteiger charge is -2.04. The second-order valence-electron chi connectivity index (χ2n) is 6.42. The molecule has 0 fully saturated rings.